The van der Waals surface area contributed by atoms with Gasteiger partial charge < -0.3 is 15.4 Å². The van der Waals surface area contributed by atoms with E-state index in [1.54, 1.807) is 30.3 Å². The fraction of sp³-hybridized carbons (Fsp3) is 0.200. The molecule has 3 aromatic rings. The van der Waals surface area contributed by atoms with Gasteiger partial charge in [-0.3, -0.25) is 14.3 Å². The minimum absolute atomic E-state index is 0.0170. The Labute approximate surface area is 220 Å². The quantitative estimate of drug-likeness (QED) is 0.352. The lowest BCUT2D eigenvalue weighted by Gasteiger charge is -2.16. The molecule has 0 radical (unpaired) electrons. The molecule has 0 aromatic heterocycles. The van der Waals surface area contributed by atoms with E-state index in [1.807, 2.05) is 13.8 Å². The van der Waals surface area contributed by atoms with Gasteiger partial charge in [0.25, 0.3) is 15.9 Å². The second-order valence-corrected chi connectivity index (χ2v) is 10.5. The minimum atomic E-state index is -3.94. The summed E-state index contributed by atoms with van der Waals surface area (Å²) in [5.41, 5.74) is 3.59. The highest BCUT2D eigenvalue weighted by Crippen LogP contribution is 2.28. The van der Waals surface area contributed by atoms with Crippen molar-refractivity contribution < 1.29 is 22.7 Å². The number of methoxy groups -OCH3 is 1. The van der Waals surface area contributed by atoms with Gasteiger partial charge in [-0.25, -0.2) is 8.42 Å². The lowest BCUT2D eigenvalue weighted by atomic mass is 10.0. The van der Waals surface area contributed by atoms with Crippen molar-refractivity contribution in [3.63, 3.8) is 0 Å². The van der Waals surface area contributed by atoms with Gasteiger partial charge >= 0.3 is 0 Å². The molecule has 3 aromatic carbocycles. The van der Waals surface area contributed by atoms with Crippen LogP contribution in [0.1, 0.15) is 34.0 Å². The van der Waals surface area contributed by atoms with Crippen LogP contribution in [0.4, 0.5) is 11.4 Å². The van der Waals surface area contributed by atoms with Crippen molar-refractivity contribution in [2.24, 2.45) is 0 Å². The van der Waals surface area contributed by atoms with E-state index in [0.29, 0.717) is 27.7 Å². The summed E-state index contributed by atoms with van der Waals surface area (Å²) in [4.78, 5) is 24.0. The Kier molecular flexibility index (Phi) is 8.50. The summed E-state index contributed by atoms with van der Waals surface area (Å²) in [6.45, 7) is 5.25. The highest BCUT2D eigenvalue weighted by Gasteiger charge is 2.20. The Morgan fingerprint density at radius 2 is 1.61 bits per heavy atom. The molecule has 0 unspecified atom stereocenters. The number of carbonyl (C=O) groups is 2. The average molecular weight is 550 g/mol. The van der Waals surface area contributed by atoms with Crippen LogP contribution in [0.5, 0.6) is 5.75 Å². The molecule has 11 heteroatoms. The molecule has 2 amide bonds. The first kappa shape index (κ1) is 27.3. The second-order valence-electron chi connectivity index (χ2n) is 8.05. The van der Waals surface area contributed by atoms with Gasteiger partial charge in [-0.1, -0.05) is 23.2 Å². The fourth-order valence-electron chi connectivity index (χ4n) is 3.66. The third-order valence-corrected chi connectivity index (χ3v) is 7.42. The molecular weight excluding hydrogens is 525 g/mol. The third kappa shape index (κ3) is 6.48. The highest BCUT2D eigenvalue weighted by atomic mass is 35.5. The molecule has 0 aliphatic carbocycles. The van der Waals surface area contributed by atoms with Crippen LogP contribution in [-0.2, 0) is 21.4 Å². The number of amides is 2. The molecule has 0 aliphatic heterocycles. The van der Waals surface area contributed by atoms with E-state index in [4.69, 9.17) is 27.9 Å². The predicted octanol–water partition coefficient (Wildman–Crippen LogP) is 5.31. The Morgan fingerprint density at radius 1 is 0.944 bits per heavy atom. The largest absolute Gasteiger partial charge is 0.496 e. The zero-order valence-corrected chi connectivity index (χ0v) is 22.4. The van der Waals surface area contributed by atoms with E-state index in [2.05, 4.69) is 15.4 Å². The maximum atomic E-state index is 12.8. The number of hydrogen-bond donors (Lipinski definition) is 3. The van der Waals surface area contributed by atoms with Crippen LogP contribution in [-0.4, -0.2) is 27.3 Å². The number of hydrogen-bond acceptors (Lipinski definition) is 5. The fourth-order valence-corrected chi connectivity index (χ4v) is 5.47. The molecule has 8 nitrogen and oxygen atoms in total. The molecule has 0 bridgehead atoms. The number of aryl methyl sites for hydroxylation is 2. The molecule has 0 spiro atoms. The van der Waals surface area contributed by atoms with Gasteiger partial charge in [0.2, 0.25) is 5.91 Å². The lowest BCUT2D eigenvalue weighted by molar-refractivity contribution is -0.114. The van der Waals surface area contributed by atoms with Crippen molar-refractivity contribution in [2.75, 3.05) is 17.1 Å². The molecule has 0 saturated heterocycles. The minimum Gasteiger partial charge on any atom is -0.496 e. The predicted molar refractivity (Wildman–Crippen MR) is 142 cm³/mol. The second kappa shape index (κ2) is 11.2. The molecule has 0 atom stereocenters. The first-order valence-electron chi connectivity index (χ1n) is 10.7. The molecular formula is C25H25Cl2N3O5S. The van der Waals surface area contributed by atoms with E-state index in [-0.39, 0.29) is 28.3 Å². The molecule has 0 heterocycles. The van der Waals surface area contributed by atoms with E-state index in [0.717, 1.165) is 16.7 Å². The maximum Gasteiger partial charge on any atom is 0.263 e. The average Bonchev–Trinajstić information content (AvgIpc) is 2.77. The Morgan fingerprint density at radius 3 is 2.19 bits per heavy atom. The monoisotopic (exact) mass is 549 g/mol. The molecule has 36 heavy (non-hydrogen) atoms. The van der Waals surface area contributed by atoms with E-state index < -0.39 is 10.0 Å². The van der Waals surface area contributed by atoms with Crippen LogP contribution in [0.3, 0.4) is 0 Å². The standard InChI is InChI=1S/C25H25Cl2N3O5S/c1-14-9-19(30-36(33,34)24-8-5-17(26)11-22(24)27)10-15(2)21(14)13-28-25(32)20-7-6-18(29-16(3)31)12-23(20)35-4/h5-12,30H,13H2,1-4H3,(H,28,32)(H,29,31). The number of nitrogens with one attached hydrogen (secondary N) is 3. The molecule has 3 N–H and O–H groups in total. The lowest BCUT2D eigenvalue weighted by Crippen LogP contribution is -2.24. The first-order valence-corrected chi connectivity index (χ1v) is 13.0. The molecule has 0 fully saturated rings. The van der Waals surface area contributed by atoms with E-state index >= 15 is 0 Å². The van der Waals surface area contributed by atoms with Crippen molar-refractivity contribution in [3.8, 4) is 5.75 Å². The van der Waals surface area contributed by atoms with Gasteiger partial charge in [0.05, 0.1) is 17.7 Å². The number of anilines is 2. The van der Waals surface area contributed by atoms with Crippen LogP contribution in [0.25, 0.3) is 0 Å². The molecule has 0 aliphatic rings. The number of carbonyl (C=O) groups excluding carboxylic acids is 2. The zero-order valence-electron chi connectivity index (χ0n) is 20.0. The van der Waals surface area contributed by atoms with Gasteiger partial charge in [0, 0.05) is 35.9 Å². The SMILES string of the molecule is COc1cc(NC(C)=O)ccc1C(=O)NCc1c(C)cc(NS(=O)(=O)c2ccc(Cl)cc2Cl)cc1C. The molecule has 0 saturated carbocycles. The van der Waals surface area contributed by atoms with Crippen molar-refractivity contribution >= 4 is 56.4 Å². The molecule has 3 rings (SSSR count). The van der Waals surface area contributed by atoms with Crippen molar-refractivity contribution in [1.82, 2.24) is 5.32 Å². The summed E-state index contributed by atoms with van der Waals surface area (Å²) in [5.74, 6) is -0.276. The normalized spacial score (nSPS) is 11.1. The summed E-state index contributed by atoms with van der Waals surface area (Å²) < 4.78 is 33.5. The van der Waals surface area contributed by atoms with Gasteiger partial charge in [-0.05, 0) is 73.0 Å². The number of sulfonamides is 1. The summed E-state index contributed by atoms with van der Waals surface area (Å²) >= 11 is 11.9. The Bertz CT molecular complexity index is 1420. The summed E-state index contributed by atoms with van der Waals surface area (Å²) in [6, 6.07) is 12.3. The number of benzene rings is 3. The van der Waals surface area contributed by atoms with E-state index in [9.17, 15) is 18.0 Å². The van der Waals surface area contributed by atoms with E-state index in [1.165, 1.54) is 32.2 Å². The first-order chi connectivity index (χ1) is 16.9. The van der Waals surface area contributed by atoms with Crippen LogP contribution >= 0.6 is 23.2 Å². The maximum absolute atomic E-state index is 12.8. The van der Waals surface area contributed by atoms with Crippen LogP contribution < -0.4 is 20.1 Å². The number of halogens is 2. The van der Waals surface area contributed by atoms with Crippen LogP contribution in [0.2, 0.25) is 10.0 Å². The Hall–Kier alpha value is -3.27. The smallest absolute Gasteiger partial charge is 0.263 e. The van der Waals surface area contributed by atoms with Crippen LogP contribution in [0.15, 0.2) is 53.4 Å². The summed E-state index contributed by atoms with van der Waals surface area (Å²) in [5, 5.41) is 5.86. The molecule has 190 valence electrons. The van der Waals surface area contributed by atoms with Crippen molar-refractivity contribution in [3.05, 3.63) is 80.8 Å². The van der Waals surface area contributed by atoms with Gasteiger partial charge in [0.1, 0.15) is 10.6 Å². The van der Waals surface area contributed by atoms with Gasteiger partial charge in [0.15, 0.2) is 0 Å². The van der Waals surface area contributed by atoms with Crippen molar-refractivity contribution in [2.45, 2.75) is 32.2 Å². The van der Waals surface area contributed by atoms with Crippen molar-refractivity contribution in [1.29, 1.82) is 0 Å². The Balaban J connectivity index is 1.76. The summed E-state index contributed by atoms with van der Waals surface area (Å²) in [7, 11) is -2.50. The summed E-state index contributed by atoms with van der Waals surface area (Å²) in [6.07, 6.45) is 0. The van der Waals surface area contributed by atoms with Crippen LogP contribution in [0, 0.1) is 13.8 Å². The van der Waals surface area contributed by atoms with Gasteiger partial charge in [-0.15, -0.1) is 0 Å². The number of rotatable bonds is 8. The number of ether oxygens (including phenoxy) is 1. The highest BCUT2D eigenvalue weighted by molar-refractivity contribution is 7.92. The zero-order chi connectivity index (χ0) is 26.6. The van der Waals surface area contributed by atoms with Gasteiger partial charge in [-0.2, -0.15) is 0 Å². The topological polar surface area (TPSA) is 114 Å². The third-order valence-electron chi connectivity index (χ3n) is 5.32.